The highest BCUT2D eigenvalue weighted by Gasteiger charge is 2.41. The molecule has 2 unspecified atom stereocenters. The fourth-order valence-corrected chi connectivity index (χ4v) is 3.11. The zero-order valence-electron chi connectivity index (χ0n) is 10.8. The van der Waals surface area contributed by atoms with Gasteiger partial charge in [-0.15, -0.1) is 0 Å². The molecule has 3 rings (SSSR count). The molecule has 0 spiro atoms. The van der Waals surface area contributed by atoms with Crippen LogP contribution in [0.15, 0.2) is 24.3 Å². The Labute approximate surface area is 114 Å². The first-order chi connectivity index (χ1) is 9.47. The SMILES string of the molecule is O=C(c1ccccc1C(F)(F)F)N1CC2CNCC2C1. The molecule has 1 aromatic rings. The van der Waals surface area contributed by atoms with Gasteiger partial charge in [-0.3, -0.25) is 4.79 Å². The van der Waals surface area contributed by atoms with Crippen molar-refractivity contribution in [2.24, 2.45) is 11.8 Å². The normalized spacial score (nSPS) is 25.9. The quantitative estimate of drug-likeness (QED) is 0.855. The zero-order valence-corrected chi connectivity index (χ0v) is 10.8. The van der Waals surface area contributed by atoms with Crippen LogP contribution in [-0.2, 0) is 6.18 Å². The lowest BCUT2D eigenvalue weighted by Crippen LogP contribution is -2.33. The summed E-state index contributed by atoms with van der Waals surface area (Å²) >= 11 is 0. The zero-order chi connectivity index (χ0) is 14.3. The Hall–Kier alpha value is -1.56. The van der Waals surface area contributed by atoms with Crippen LogP contribution in [0.3, 0.4) is 0 Å². The highest BCUT2D eigenvalue weighted by atomic mass is 19.4. The Morgan fingerprint density at radius 3 is 2.35 bits per heavy atom. The van der Waals surface area contributed by atoms with Crippen LogP contribution in [0.1, 0.15) is 15.9 Å². The molecule has 2 aliphatic heterocycles. The second-order valence-corrected chi connectivity index (χ2v) is 5.43. The summed E-state index contributed by atoms with van der Waals surface area (Å²) in [7, 11) is 0. The van der Waals surface area contributed by atoms with Crippen molar-refractivity contribution in [3.05, 3.63) is 35.4 Å². The number of fused-ring (bicyclic) bond motifs is 1. The van der Waals surface area contributed by atoms with Gasteiger partial charge < -0.3 is 10.2 Å². The molecule has 2 heterocycles. The van der Waals surface area contributed by atoms with Gasteiger partial charge in [0.2, 0.25) is 0 Å². The van der Waals surface area contributed by atoms with Crippen molar-refractivity contribution >= 4 is 5.91 Å². The Morgan fingerprint density at radius 1 is 1.15 bits per heavy atom. The van der Waals surface area contributed by atoms with E-state index >= 15 is 0 Å². The number of nitrogens with zero attached hydrogens (tertiary/aromatic N) is 1. The summed E-state index contributed by atoms with van der Waals surface area (Å²) in [5.74, 6) is 0.237. The second kappa shape index (κ2) is 4.77. The maximum Gasteiger partial charge on any atom is 0.417 e. The van der Waals surface area contributed by atoms with E-state index in [1.54, 1.807) is 4.90 Å². The highest BCUT2D eigenvalue weighted by molar-refractivity contribution is 5.96. The number of rotatable bonds is 1. The van der Waals surface area contributed by atoms with Crippen LogP contribution in [0.2, 0.25) is 0 Å². The predicted molar refractivity (Wildman–Crippen MR) is 67.2 cm³/mol. The highest BCUT2D eigenvalue weighted by Crippen LogP contribution is 2.34. The topological polar surface area (TPSA) is 32.3 Å². The number of hydrogen-bond acceptors (Lipinski definition) is 2. The van der Waals surface area contributed by atoms with Gasteiger partial charge in [0.1, 0.15) is 0 Å². The van der Waals surface area contributed by atoms with Crippen LogP contribution in [0, 0.1) is 11.8 Å². The number of carbonyl (C=O) groups is 1. The first kappa shape index (κ1) is 13.4. The lowest BCUT2D eigenvalue weighted by atomic mass is 10.0. The largest absolute Gasteiger partial charge is 0.417 e. The summed E-state index contributed by atoms with van der Waals surface area (Å²) in [6.07, 6.45) is -4.50. The molecule has 3 nitrogen and oxygen atoms in total. The van der Waals surface area contributed by atoms with Gasteiger partial charge in [-0.25, -0.2) is 0 Å². The summed E-state index contributed by atoms with van der Waals surface area (Å²) in [6.45, 7) is 2.77. The Balaban J connectivity index is 1.85. The van der Waals surface area contributed by atoms with E-state index in [1.807, 2.05) is 0 Å². The molecule has 1 aromatic carbocycles. The average molecular weight is 284 g/mol. The van der Waals surface area contributed by atoms with E-state index in [-0.39, 0.29) is 5.56 Å². The molecular weight excluding hydrogens is 269 g/mol. The average Bonchev–Trinajstić information content (AvgIpc) is 2.97. The molecule has 1 N–H and O–H groups in total. The molecule has 0 radical (unpaired) electrons. The second-order valence-electron chi connectivity index (χ2n) is 5.43. The van der Waals surface area contributed by atoms with Crippen LogP contribution in [0.5, 0.6) is 0 Å². The van der Waals surface area contributed by atoms with E-state index < -0.39 is 17.6 Å². The number of carbonyl (C=O) groups excluding carboxylic acids is 1. The van der Waals surface area contributed by atoms with Gasteiger partial charge >= 0.3 is 6.18 Å². The lowest BCUT2D eigenvalue weighted by molar-refractivity contribution is -0.138. The number of amides is 1. The molecular formula is C14H15F3N2O. The fourth-order valence-electron chi connectivity index (χ4n) is 3.11. The smallest absolute Gasteiger partial charge is 0.338 e. The number of halogens is 3. The van der Waals surface area contributed by atoms with E-state index in [0.717, 1.165) is 19.2 Å². The van der Waals surface area contributed by atoms with Crippen molar-refractivity contribution < 1.29 is 18.0 Å². The molecule has 0 bridgehead atoms. The molecule has 0 saturated carbocycles. The predicted octanol–water partition coefficient (Wildman–Crippen LogP) is 2.00. The van der Waals surface area contributed by atoms with Crippen LogP contribution in [0.25, 0.3) is 0 Å². The molecule has 0 aromatic heterocycles. The Bertz CT molecular complexity index is 517. The minimum Gasteiger partial charge on any atom is -0.338 e. The number of hydrogen-bond donors (Lipinski definition) is 1. The van der Waals surface area contributed by atoms with Crippen LogP contribution < -0.4 is 5.32 Å². The van der Waals surface area contributed by atoms with Crippen molar-refractivity contribution in [3.8, 4) is 0 Å². The number of nitrogens with one attached hydrogen (secondary N) is 1. The van der Waals surface area contributed by atoms with Gasteiger partial charge in [-0.2, -0.15) is 13.2 Å². The number of benzene rings is 1. The molecule has 2 saturated heterocycles. The van der Waals surface area contributed by atoms with Crippen molar-refractivity contribution in [3.63, 3.8) is 0 Å². The van der Waals surface area contributed by atoms with Crippen LogP contribution in [-0.4, -0.2) is 37.0 Å². The van der Waals surface area contributed by atoms with E-state index in [1.165, 1.54) is 18.2 Å². The molecule has 108 valence electrons. The van der Waals surface area contributed by atoms with E-state index in [4.69, 9.17) is 0 Å². The summed E-state index contributed by atoms with van der Waals surface area (Å²) in [5, 5.41) is 3.24. The third kappa shape index (κ3) is 2.28. The van der Waals surface area contributed by atoms with Gasteiger partial charge in [-0.05, 0) is 24.0 Å². The Kier molecular flexibility index (Phi) is 3.20. The standard InChI is InChI=1S/C14H15F3N2O/c15-14(16,17)12-4-2-1-3-11(12)13(20)19-7-9-5-18-6-10(9)8-19/h1-4,9-10,18H,5-8H2. The van der Waals surface area contributed by atoms with Crippen LogP contribution in [0.4, 0.5) is 13.2 Å². The maximum absolute atomic E-state index is 12.9. The fraction of sp³-hybridized carbons (Fsp3) is 0.500. The van der Waals surface area contributed by atoms with E-state index in [0.29, 0.717) is 24.9 Å². The van der Waals surface area contributed by atoms with Gasteiger partial charge in [0, 0.05) is 26.2 Å². The third-order valence-electron chi connectivity index (χ3n) is 4.14. The first-order valence-electron chi connectivity index (χ1n) is 6.63. The molecule has 2 fully saturated rings. The molecule has 2 atom stereocenters. The van der Waals surface area contributed by atoms with E-state index in [9.17, 15) is 18.0 Å². The van der Waals surface area contributed by atoms with Crippen LogP contribution >= 0.6 is 0 Å². The number of alkyl halides is 3. The van der Waals surface area contributed by atoms with Gasteiger partial charge in [0.05, 0.1) is 11.1 Å². The van der Waals surface area contributed by atoms with Gasteiger partial charge in [0.15, 0.2) is 0 Å². The van der Waals surface area contributed by atoms with Crippen molar-refractivity contribution in [2.75, 3.05) is 26.2 Å². The summed E-state index contributed by atoms with van der Waals surface area (Å²) < 4.78 is 38.8. The molecule has 20 heavy (non-hydrogen) atoms. The molecule has 6 heteroatoms. The molecule has 1 amide bonds. The number of likely N-dealkylation sites (tertiary alicyclic amines) is 1. The van der Waals surface area contributed by atoms with Gasteiger partial charge in [-0.1, -0.05) is 12.1 Å². The van der Waals surface area contributed by atoms with Crippen molar-refractivity contribution in [2.45, 2.75) is 6.18 Å². The van der Waals surface area contributed by atoms with E-state index in [2.05, 4.69) is 5.32 Å². The Morgan fingerprint density at radius 2 is 1.75 bits per heavy atom. The maximum atomic E-state index is 12.9. The summed E-state index contributed by atoms with van der Waals surface area (Å²) in [4.78, 5) is 13.9. The third-order valence-corrected chi connectivity index (χ3v) is 4.14. The summed E-state index contributed by atoms with van der Waals surface area (Å²) in [6, 6.07) is 5.01. The summed E-state index contributed by atoms with van der Waals surface area (Å²) in [5.41, 5.74) is -1.09. The van der Waals surface area contributed by atoms with Gasteiger partial charge in [0.25, 0.3) is 5.91 Å². The monoisotopic (exact) mass is 284 g/mol. The molecule has 2 aliphatic rings. The lowest BCUT2D eigenvalue weighted by Gasteiger charge is -2.20. The first-order valence-corrected chi connectivity index (χ1v) is 6.63. The minimum atomic E-state index is -4.50. The van der Waals surface area contributed by atoms with Crippen molar-refractivity contribution in [1.29, 1.82) is 0 Å². The molecule has 0 aliphatic carbocycles. The van der Waals surface area contributed by atoms with Crippen molar-refractivity contribution in [1.82, 2.24) is 10.2 Å². The minimum absolute atomic E-state index is 0.243.